The zero-order valence-corrected chi connectivity index (χ0v) is 18.3. The molecule has 4 nitrogen and oxygen atoms in total. The van der Waals surface area contributed by atoms with E-state index in [0.717, 1.165) is 24.2 Å². The lowest BCUT2D eigenvalue weighted by atomic mass is 10.0. The van der Waals surface area contributed by atoms with E-state index in [1.54, 1.807) is 0 Å². The smallest absolute Gasteiger partial charge is 0.130 e. The molecule has 0 fully saturated rings. The minimum absolute atomic E-state index is 0. The maximum atomic E-state index is 10.6. The van der Waals surface area contributed by atoms with E-state index in [9.17, 15) is 10.2 Å². The second-order valence-electron chi connectivity index (χ2n) is 7.32. The van der Waals surface area contributed by atoms with Crippen molar-refractivity contribution in [1.29, 1.82) is 0 Å². The highest BCUT2D eigenvalue weighted by atomic mass is 79.9. The van der Waals surface area contributed by atoms with Crippen molar-refractivity contribution in [2.45, 2.75) is 38.1 Å². The fraction of sp³-hybridized carbons (Fsp3) is 0.455. The van der Waals surface area contributed by atoms with Crippen molar-refractivity contribution in [3.05, 3.63) is 71.8 Å². The SMILES string of the molecule is C[C@@H]([C@H](O)c1ccccc1)N(C)CC[NH+](C)[C@@H](C)[C@H](O)c1ccccc1.[Br-]. The number of aliphatic hydroxyl groups is 2. The number of rotatable bonds is 9. The molecule has 150 valence electrons. The lowest BCUT2D eigenvalue weighted by Crippen LogP contribution is -3.13. The summed E-state index contributed by atoms with van der Waals surface area (Å²) in [5.74, 6) is 0. The third-order valence-electron chi connectivity index (χ3n) is 5.54. The fourth-order valence-corrected chi connectivity index (χ4v) is 3.16. The van der Waals surface area contributed by atoms with Gasteiger partial charge in [0.2, 0.25) is 0 Å². The van der Waals surface area contributed by atoms with Gasteiger partial charge in [0.15, 0.2) is 0 Å². The highest BCUT2D eigenvalue weighted by molar-refractivity contribution is 5.19. The zero-order valence-electron chi connectivity index (χ0n) is 16.7. The summed E-state index contributed by atoms with van der Waals surface area (Å²) in [6, 6.07) is 19.7. The molecule has 0 amide bonds. The van der Waals surface area contributed by atoms with Crippen LogP contribution in [-0.4, -0.2) is 54.4 Å². The van der Waals surface area contributed by atoms with Crippen molar-refractivity contribution in [3.8, 4) is 0 Å². The Morgan fingerprint density at radius 3 is 1.78 bits per heavy atom. The number of nitrogens with zero attached hydrogens (tertiary/aromatic N) is 1. The van der Waals surface area contributed by atoms with Crippen LogP contribution in [0.4, 0.5) is 0 Å². The van der Waals surface area contributed by atoms with E-state index in [-0.39, 0.29) is 29.1 Å². The molecule has 0 saturated heterocycles. The van der Waals surface area contributed by atoms with Gasteiger partial charge < -0.3 is 32.1 Å². The largest absolute Gasteiger partial charge is 1.00 e. The van der Waals surface area contributed by atoms with Gasteiger partial charge in [0, 0.05) is 12.6 Å². The van der Waals surface area contributed by atoms with Gasteiger partial charge in [-0.05, 0) is 32.0 Å². The first kappa shape index (κ1) is 23.8. The predicted octanol–water partition coefficient (Wildman–Crippen LogP) is -1.32. The van der Waals surface area contributed by atoms with Gasteiger partial charge in [0.1, 0.15) is 12.1 Å². The Labute approximate surface area is 174 Å². The summed E-state index contributed by atoms with van der Waals surface area (Å²) >= 11 is 0. The first-order valence-corrected chi connectivity index (χ1v) is 9.40. The van der Waals surface area contributed by atoms with E-state index in [4.69, 9.17) is 0 Å². The molecule has 0 aliphatic heterocycles. The van der Waals surface area contributed by atoms with E-state index in [0.29, 0.717) is 0 Å². The van der Waals surface area contributed by atoms with Crippen LogP contribution in [0.2, 0.25) is 0 Å². The number of benzene rings is 2. The van der Waals surface area contributed by atoms with Crippen LogP contribution in [0.15, 0.2) is 60.7 Å². The van der Waals surface area contributed by atoms with Gasteiger partial charge in [0.05, 0.1) is 19.7 Å². The van der Waals surface area contributed by atoms with Crippen LogP contribution in [0, 0.1) is 0 Å². The van der Waals surface area contributed by atoms with Gasteiger partial charge in [-0.25, -0.2) is 0 Å². The van der Waals surface area contributed by atoms with Crippen LogP contribution in [-0.2, 0) is 0 Å². The van der Waals surface area contributed by atoms with Gasteiger partial charge in [-0.15, -0.1) is 0 Å². The molecule has 3 N–H and O–H groups in total. The van der Waals surface area contributed by atoms with E-state index in [2.05, 4.69) is 25.8 Å². The van der Waals surface area contributed by atoms with E-state index in [1.807, 2.05) is 67.7 Å². The lowest BCUT2D eigenvalue weighted by molar-refractivity contribution is -0.908. The Kier molecular flexibility index (Phi) is 10.2. The Bertz CT molecular complexity index is 584. The first-order valence-electron chi connectivity index (χ1n) is 9.40. The maximum Gasteiger partial charge on any atom is 0.130 e. The van der Waals surface area contributed by atoms with Crippen LogP contribution in [0.5, 0.6) is 0 Å². The molecule has 27 heavy (non-hydrogen) atoms. The monoisotopic (exact) mass is 436 g/mol. The summed E-state index contributed by atoms with van der Waals surface area (Å²) < 4.78 is 0. The Balaban J connectivity index is 0.00000364. The summed E-state index contributed by atoms with van der Waals surface area (Å²) in [4.78, 5) is 3.46. The minimum Gasteiger partial charge on any atom is -1.00 e. The molecule has 0 radical (unpaired) electrons. The van der Waals surface area contributed by atoms with Crippen molar-refractivity contribution in [1.82, 2.24) is 4.90 Å². The minimum atomic E-state index is -0.506. The molecule has 2 aromatic carbocycles. The molecule has 2 aromatic rings. The Hall–Kier alpha value is -1.24. The van der Waals surface area contributed by atoms with E-state index in [1.165, 1.54) is 4.90 Å². The number of hydrogen-bond donors (Lipinski definition) is 3. The molecule has 0 aliphatic carbocycles. The number of halogens is 1. The molecule has 1 unspecified atom stereocenters. The second-order valence-corrected chi connectivity index (χ2v) is 7.32. The third kappa shape index (κ3) is 6.70. The predicted molar refractivity (Wildman–Crippen MR) is 106 cm³/mol. The molecule has 2 rings (SSSR count). The van der Waals surface area contributed by atoms with Gasteiger partial charge in [-0.3, -0.25) is 4.90 Å². The number of aliphatic hydroxyl groups excluding tert-OH is 2. The molecular weight excluding hydrogens is 404 g/mol. The summed E-state index contributed by atoms with van der Waals surface area (Å²) in [5, 5.41) is 21.2. The van der Waals surface area contributed by atoms with Crippen LogP contribution >= 0.6 is 0 Å². The normalized spacial score (nSPS) is 16.9. The summed E-state index contributed by atoms with van der Waals surface area (Å²) in [5.41, 5.74) is 1.90. The quantitative estimate of drug-likeness (QED) is 0.456. The standard InChI is InChI=1S/C22H32N2O2.BrH/c1-17(21(25)19-11-7-5-8-12-19)23(3)15-16-24(4)18(2)22(26)20-13-9-6-10-14-20;/h5-14,17-18,21-22,25-26H,15-16H2,1-4H3;1H/t17-,18-,21-,22-;/m0./s1. The number of nitrogens with one attached hydrogen (secondary N) is 1. The van der Waals surface area contributed by atoms with Crippen LogP contribution in [0.3, 0.4) is 0 Å². The van der Waals surface area contributed by atoms with Gasteiger partial charge >= 0.3 is 0 Å². The third-order valence-corrected chi connectivity index (χ3v) is 5.54. The van der Waals surface area contributed by atoms with Crippen LogP contribution < -0.4 is 21.9 Å². The fourth-order valence-electron chi connectivity index (χ4n) is 3.16. The van der Waals surface area contributed by atoms with Crippen LogP contribution in [0.1, 0.15) is 37.2 Å². The van der Waals surface area contributed by atoms with E-state index < -0.39 is 12.2 Å². The highest BCUT2D eigenvalue weighted by Gasteiger charge is 2.25. The number of likely N-dealkylation sites (N-methyl/N-ethyl adjacent to an activating group) is 2. The zero-order chi connectivity index (χ0) is 19.1. The average molecular weight is 437 g/mol. The van der Waals surface area contributed by atoms with Crippen molar-refractivity contribution < 1.29 is 32.1 Å². The Morgan fingerprint density at radius 1 is 0.852 bits per heavy atom. The van der Waals surface area contributed by atoms with Crippen molar-refractivity contribution in [2.75, 3.05) is 27.2 Å². The molecule has 0 heterocycles. The molecule has 5 heteroatoms. The molecule has 5 atom stereocenters. The Morgan fingerprint density at radius 2 is 1.30 bits per heavy atom. The average Bonchev–Trinajstić information content (AvgIpc) is 2.70. The summed E-state index contributed by atoms with van der Waals surface area (Å²) in [6.07, 6.45) is -0.984. The second kappa shape index (κ2) is 11.6. The van der Waals surface area contributed by atoms with Gasteiger partial charge in [0.25, 0.3) is 0 Å². The molecule has 0 spiro atoms. The van der Waals surface area contributed by atoms with Gasteiger partial charge in [-0.1, -0.05) is 60.7 Å². The van der Waals surface area contributed by atoms with Gasteiger partial charge in [-0.2, -0.15) is 0 Å². The lowest BCUT2D eigenvalue weighted by Gasteiger charge is -2.32. The maximum absolute atomic E-state index is 10.6. The molecule has 0 bridgehead atoms. The number of quaternary nitrogens is 1. The molecular formula is C22H33BrN2O2. The summed E-state index contributed by atoms with van der Waals surface area (Å²) in [6.45, 7) is 5.88. The van der Waals surface area contributed by atoms with Crippen molar-refractivity contribution in [3.63, 3.8) is 0 Å². The van der Waals surface area contributed by atoms with Crippen LogP contribution in [0.25, 0.3) is 0 Å². The number of hydrogen-bond acceptors (Lipinski definition) is 3. The highest BCUT2D eigenvalue weighted by Crippen LogP contribution is 2.19. The first-order chi connectivity index (χ1) is 12.4. The molecule has 0 saturated carbocycles. The van der Waals surface area contributed by atoms with E-state index >= 15 is 0 Å². The molecule has 0 aliphatic rings. The topological polar surface area (TPSA) is 48.1 Å². The summed E-state index contributed by atoms with van der Waals surface area (Å²) in [7, 11) is 4.16. The van der Waals surface area contributed by atoms with Crippen molar-refractivity contribution in [2.24, 2.45) is 0 Å². The van der Waals surface area contributed by atoms with Crippen molar-refractivity contribution >= 4 is 0 Å². The molecule has 0 aromatic heterocycles.